The topological polar surface area (TPSA) is 0 Å². The van der Waals surface area contributed by atoms with Gasteiger partial charge in [0.05, 0.1) is 0 Å². The van der Waals surface area contributed by atoms with E-state index in [9.17, 15) is 0 Å². The third-order valence-electron chi connectivity index (χ3n) is 2.44. The van der Waals surface area contributed by atoms with Gasteiger partial charge in [0, 0.05) is 0 Å². The Kier molecular flexibility index (Phi) is 4.01. The second kappa shape index (κ2) is 5.06. The molecular weight excluding hydrogens is 156 g/mol. The fraction of sp³-hybridized carbons (Fsp3) is 0.538. The lowest BCUT2D eigenvalue weighted by Crippen LogP contribution is -1.81. The van der Waals surface area contributed by atoms with Gasteiger partial charge in [0.15, 0.2) is 0 Å². The van der Waals surface area contributed by atoms with Crippen molar-refractivity contribution in [3.63, 3.8) is 0 Å². The van der Waals surface area contributed by atoms with E-state index >= 15 is 0 Å². The van der Waals surface area contributed by atoms with Crippen LogP contribution in [0.15, 0.2) is 24.3 Å². The van der Waals surface area contributed by atoms with Crippen LogP contribution in [0.25, 0.3) is 0 Å². The Morgan fingerprint density at radius 3 is 2.00 bits per heavy atom. The van der Waals surface area contributed by atoms with Crippen LogP contribution in [0.4, 0.5) is 0 Å². The fourth-order valence-electron chi connectivity index (χ4n) is 1.44. The Morgan fingerprint density at radius 2 is 1.62 bits per heavy atom. The molecule has 1 aliphatic carbocycles. The molecule has 0 aromatic heterocycles. The molecule has 0 heterocycles. The fourth-order valence-corrected chi connectivity index (χ4v) is 1.44. The summed E-state index contributed by atoms with van der Waals surface area (Å²) in [5.74, 6) is 0.904. The molecule has 13 heavy (non-hydrogen) atoms. The van der Waals surface area contributed by atoms with Gasteiger partial charge in [0.1, 0.15) is 0 Å². The summed E-state index contributed by atoms with van der Waals surface area (Å²) in [4.78, 5) is 0. The van der Waals surface area contributed by atoms with Crippen LogP contribution in [0.3, 0.4) is 0 Å². The Labute approximate surface area is 82.0 Å². The van der Waals surface area contributed by atoms with Crippen molar-refractivity contribution in [1.82, 2.24) is 0 Å². The molecule has 0 heteroatoms. The van der Waals surface area contributed by atoms with E-state index in [1.807, 2.05) is 13.8 Å². The molecule has 1 aromatic carbocycles. The summed E-state index contributed by atoms with van der Waals surface area (Å²) in [6, 6.07) is 9.09. The zero-order valence-electron chi connectivity index (χ0n) is 9.01. The Hall–Kier alpha value is -0.780. The average Bonchev–Trinajstić information content (AvgIpc) is 3.05. The van der Waals surface area contributed by atoms with Crippen molar-refractivity contribution < 1.29 is 0 Å². The van der Waals surface area contributed by atoms with E-state index in [1.165, 1.54) is 18.4 Å². The van der Waals surface area contributed by atoms with E-state index in [2.05, 4.69) is 31.2 Å². The molecule has 0 nitrogen and oxygen atoms in total. The molecule has 1 saturated carbocycles. The van der Waals surface area contributed by atoms with Crippen LogP contribution < -0.4 is 0 Å². The monoisotopic (exact) mass is 176 g/mol. The van der Waals surface area contributed by atoms with Crippen molar-refractivity contribution in [3.8, 4) is 0 Å². The maximum atomic E-state index is 2.29. The highest BCUT2D eigenvalue weighted by atomic mass is 14.3. The minimum Gasteiger partial charge on any atom is -0.0683 e. The van der Waals surface area contributed by atoms with Gasteiger partial charge in [-0.25, -0.2) is 0 Å². The minimum absolute atomic E-state index is 0.904. The van der Waals surface area contributed by atoms with Crippen LogP contribution in [0.5, 0.6) is 0 Å². The first-order valence-electron chi connectivity index (χ1n) is 5.49. The molecule has 0 unspecified atom stereocenters. The molecule has 1 aliphatic rings. The first kappa shape index (κ1) is 10.3. The lowest BCUT2D eigenvalue weighted by molar-refractivity contribution is 1.09. The molecule has 0 spiro atoms. The summed E-state index contributed by atoms with van der Waals surface area (Å²) in [5, 5.41) is 0. The van der Waals surface area contributed by atoms with Gasteiger partial charge in [-0.15, -0.1) is 0 Å². The highest BCUT2D eigenvalue weighted by Crippen LogP contribution is 2.39. The molecule has 1 aromatic rings. The Balaban J connectivity index is 0.000000396. The highest BCUT2D eigenvalue weighted by Gasteiger charge is 2.22. The first-order chi connectivity index (χ1) is 6.40. The second-order valence-corrected chi connectivity index (χ2v) is 3.37. The minimum atomic E-state index is 0.904. The quantitative estimate of drug-likeness (QED) is 0.635. The molecule has 0 bridgehead atoms. The zero-order valence-corrected chi connectivity index (χ0v) is 9.01. The van der Waals surface area contributed by atoms with Crippen molar-refractivity contribution in [3.05, 3.63) is 35.4 Å². The van der Waals surface area contributed by atoms with Crippen molar-refractivity contribution in [2.75, 3.05) is 0 Å². The maximum Gasteiger partial charge on any atom is -0.0162 e. The van der Waals surface area contributed by atoms with E-state index in [0.717, 1.165) is 12.3 Å². The van der Waals surface area contributed by atoms with Crippen molar-refractivity contribution in [2.45, 2.75) is 46.0 Å². The van der Waals surface area contributed by atoms with Crippen molar-refractivity contribution in [2.24, 2.45) is 0 Å². The Morgan fingerprint density at radius 1 is 1.08 bits per heavy atom. The summed E-state index contributed by atoms with van der Waals surface area (Å²) in [5.41, 5.74) is 3.00. The van der Waals surface area contributed by atoms with Gasteiger partial charge in [-0.2, -0.15) is 0 Å². The molecule has 0 amide bonds. The summed E-state index contributed by atoms with van der Waals surface area (Å²) in [6.45, 7) is 6.20. The van der Waals surface area contributed by atoms with E-state index < -0.39 is 0 Å². The lowest BCUT2D eigenvalue weighted by atomic mass is 10.1. The van der Waals surface area contributed by atoms with Gasteiger partial charge in [0.2, 0.25) is 0 Å². The van der Waals surface area contributed by atoms with Gasteiger partial charge in [0.25, 0.3) is 0 Å². The van der Waals surface area contributed by atoms with Gasteiger partial charge >= 0.3 is 0 Å². The van der Waals surface area contributed by atoms with Gasteiger partial charge in [-0.05, 0) is 36.3 Å². The van der Waals surface area contributed by atoms with E-state index in [0.29, 0.717) is 0 Å². The highest BCUT2D eigenvalue weighted by molar-refractivity contribution is 5.27. The number of hydrogen-bond donors (Lipinski definition) is 0. The zero-order chi connectivity index (χ0) is 9.68. The standard InChI is InChI=1S/C11H14.C2H6/c1-2-9-3-5-10(6-4-9)11-7-8-11;1-2/h3-6,11H,2,7-8H2,1H3;1-2H3. The SMILES string of the molecule is CC.CCc1ccc(C2CC2)cc1. The molecule has 72 valence electrons. The Bertz CT molecular complexity index is 229. The van der Waals surface area contributed by atoms with Crippen LogP contribution in [0.1, 0.15) is 50.7 Å². The number of benzene rings is 1. The summed E-state index contributed by atoms with van der Waals surface area (Å²) in [7, 11) is 0. The van der Waals surface area contributed by atoms with Gasteiger partial charge in [-0.3, -0.25) is 0 Å². The number of rotatable bonds is 2. The lowest BCUT2D eigenvalue weighted by Gasteiger charge is -1.98. The molecule has 0 atom stereocenters. The molecule has 0 aliphatic heterocycles. The number of hydrogen-bond acceptors (Lipinski definition) is 0. The smallest absolute Gasteiger partial charge is 0.0162 e. The van der Waals surface area contributed by atoms with E-state index in [4.69, 9.17) is 0 Å². The normalized spacial score (nSPS) is 14.7. The second-order valence-electron chi connectivity index (χ2n) is 3.37. The predicted molar refractivity (Wildman–Crippen MR) is 59.1 cm³/mol. The van der Waals surface area contributed by atoms with E-state index in [-0.39, 0.29) is 0 Å². The largest absolute Gasteiger partial charge is 0.0683 e. The molecule has 1 fully saturated rings. The van der Waals surface area contributed by atoms with Crippen LogP contribution in [0.2, 0.25) is 0 Å². The summed E-state index contributed by atoms with van der Waals surface area (Å²) >= 11 is 0. The van der Waals surface area contributed by atoms with E-state index in [1.54, 1.807) is 5.56 Å². The number of aryl methyl sites for hydroxylation is 1. The molecule has 2 rings (SSSR count). The third-order valence-corrected chi connectivity index (χ3v) is 2.44. The molecule has 0 radical (unpaired) electrons. The van der Waals surface area contributed by atoms with Crippen LogP contribution in [-0.4, -0.2) is 0 Å². The summed E-state index contributed by atoms with van der Waals surface area (Å²) in [6.07, 6.45) is 3.97. The van der Waals surface area contributed by atoms with Crippen molar-refractivity contribution >= 4 is 0 Å². The molecule has 0 saturated heterocycles. The van der Waals surface area contributed by atoms with Crippen LogP contribution in [-0.2, 0) is 6.42 Å². The first-order valence-corrected chi connectivity index (χ1v) is 5.49. The van der Waals surface area contributed by atoms with Crippen molar-refractivity contribution in [1.29, 1.82) is 0 Å². The average molecular weight is 176 g/mol. The third kappa shape index (κ3) is 2.87. The van der Waals surface area contributed by atoms with Crippen LogP contribution >= 0.6 is 0 Å². The van der Waals surface area contributed by atoms with Gasteiger partial charge in [-0.1, -0.05) is 45.0 Å². The van der Waals surface area contributed by atoms with Gasteiger partial charge < -0.3 is 0 Å². The summed E-state index contributed by atoms with van der Waals surface area (Å²) < 4.78 is 0. The maximum absolute atomic E-state index is 2.29. The van der Waals surface area contributed by atoms with Crippen LogP contribution in [0, 0.1) is 0 Å². The molecular formula is C13H20. The predicted octanol–water partition coefficient (Wildman–Crippen LogP) is 4.15. The molecule has 0 N–H and O–H groups in total.